The van der Waals surface area contributed by atoms with Crippen LogP contribution in [0.15, 0.2) is 35.4 Å². The summed E-state index contributed by atoms with van der Waals surface area (Å²) >= 11 is 1.74. The van der Waals surface area contributed by atoms with Crippen LogP contribution in [0.4, 0.5) is 10.8 Å². The number of nitrogens with zero attached hydrogens (tertiary/aromatic N) is 4. The summed E-state index contributed by atoms with van der Waals surface area (Å²) in [5, 5.41) is 7.57. The topological polar surface area (TPSA) is 31.7 Å². The van der Waals surface area contributed by atoms with E-state index in [0.717, 1.165) is 34.5 Å². The number of hydrazone groups is 1. The second-order valence-corrected chi connectivity index (χ2v) is 6.61. The van der Waals surface area contributed by atoms with Gasteiger partial charge in [0, 0.05) is 20.1 Å². The van der Waals surface area contributed by atoms with Crippen molar-refractivity contribution in [3.05, 3.63) is 40.9 Å². The van der Waals surface area contributed by atoms with Gasteiger partial charge in [0.05, 0.1) is 22.5 Å². The summed E-state index contributed by atoms with van der Waals surface area (Å²) in [5.41, 5.74) is 2.15. The predicted molar refractivity (Wildman–Crippen MR) is 95.4 cm³/mol. The molecule has 5 heteroatoms. The molecule has 1 aliphatic heterocycles. The van der Waals surface area contributed by atoms with E-state index < -0.39 is 0 Å². The fourth-order valence-electron chi connectivity index (χ4n) is 2.58. The van der Waals surface area contributed by atoms with Gasteiger partial charge in [0.1, 0.15) is 0 Å². The van der Waals surface area contributed by atoms with Crippen molar-refractivity contribution in [2.45, 2.75) is 26.2 Å². The van der Waals surface area contributed by atoms with Gasteiger partial charge in [-0.2, -0.15) is 5.10 Å². The van der Waals surface area contributed by atoms with Crippen molar-refractivity contribution in [1.82, 2.24) is 4.98 Å². The smallest absolute Gasteiger partial charge is 0.186 e. The van der Waals surface area contributed by atoms with Crippen LogP contribution in [0, 0.1) is 6.92 Å². The van der Waals surface area contributed by atoms with E-state index in [1.54, 1.807) is 11.3 Å². The molecule has 0 bridgehead atoms. The van der Waals surface area contributed by atoms with Crippen molar-refractivity contribution in [3.63, 3.8) is 0 Å². The van der Waals surface area contributed by atoms with Crippen molar-refractivity contribution < 1.29 is 0 Å². The Bertz CT molecular complexity index is 629. The van der Waals surface area contributed by atoms with E-state index in [1.165, 1.54) is 19.3 Å². The molecule has 2 heterocycles. The van der Waals surface area contributed by atoms with Crippen LogP contribution in [0.3, 0.4) is 0 Å². The fraction of sp³-hybridized carbons (Fsp3) is 0.412. The molecule has 0 amide bonds. The molecule has 4 nitrogen and oxygen atoms in total. The highest BCUT2D eigenvalue weighted by atomic mass is 32.1. The number of benzene rings is 1. The molecular weight excluding hydrogens is 292 g/mol. The number of aromatic nitrogens is 1. The van der Waals surface area contributed by atoms with E-state index in [2.05, 4.69) is 29.1 Å². The monoisotopic (exact) mass is 314 g/mol. The van der Waals surface area contributed by atoms with Gasteiger partial charge < -0.3 is 4.90 Å². The van der Waals surface area contributed by atoms with Crippen molar-refractivity contribution in [2.24, 2.45) is 5.10 Å². The van der Waals surface area contributed by atoms with Gasteiger partial charge in [-0.15, -0.1) is 0 Å². The third kappa shape index (κ3) is 3.47. The highest BCUT2D eigenvalue weighted by Crippen LogP contribution is 2.27. The van der Waals surface area contributed by atoms with Crippen molar-refractivity contribution in [2.75, 3.05) is 30.0 Å². The largest absolute Gasteiger partial charge is 0.348 e. The van der Waals surface area contributed by atoms with E-state index >= 15 is 0 Å². The Morgan fingerprint density at radius 2 is 1.91 bits per heavy atom. The van der Waals surface area contributed by atoms with Gasteiger partial charge in [-0.1, -0.05) is 29.5 Å². The van der Waals surface area contributed by atoms with Crippen LogP contribution >= 0.6 is 11.3 Å². The molecule has 3 rings (SSSR count). The summed E-state index contributed by atoms with van der Waals surface area (Å²) < 4.78 is 0. The first-order valence-electron chi connectivity index (χ1n) is 7.79. The Kier molecular flexibility index (Phi) is 4.73. The molecular formula is C17H22N4S. The Morgan fingerprint density at radius 1 is 1.18 bits per heavy atom. The maximum Gasteiger partial charge on any atom is 0.186 e. The van der Waals surface area contributed by atoms with Crippen LogP contribution in [0.2, 0.25) is 0 Å². The van der Waals surface area contributed by atoms with Crippen LogP contribution in [0.25, 0.3) is 0 Å². The molecule has 0 atom stereocenters. The molecule has 116 valence electrons. The molecule has 0 unspecified atom stereocenters. The maximum atomic E-state index is 4.72. The van der Waals surface area contributed by atoms with Gasteiger partial charge >= 0.3 is 0 Å². The molecule has 0 aliphatic carbocycles. The summed E-state index contributed by atoms with van der Waals surface area (Å²) in [6, 6.07) is 10.2. The Hall–Kier alpha value is -1.88. The Morgan fingerprint density at radius 3 is 2.64 bits per heavy atom. The van der Waals surface area contributed by atoms with Crippen molar-refractivity contribution in [1.29, 1.82) is 0 Å². The van der Waals surface area contributed by atoms with E-state index in [-0.39, 0.29) is 0 Å². The third-order valence-electron chi connectivity index (χ3n) is 3.93. The highest BCUT2D eigenvalue weighted by molar-refractivity contribution is 7.17. The molecule has 0 spiro atoms. The second kappa shape index (κ2) is 6.92. The number of hydrogen-bond donors (Lipinski definition) is 0. The van der Waals surface area contributed by atoms with E-state index in [4.69, 9.17) is 4.98 Å². The number of aryl methyl sites for hydroxylation is 1. The second-order valence-electron chi connectivity index (χ2n) is 5.60. The molecule has 0 radical (unpaired) electrons. The molecule has 22 heavy (non-hydrogen) atoms. The lowest BCUT2D eigenvalue weighted by molar-refractivity contribution is 0.576. The molecule has 1 fully saturated rings. The summed E-state index contributed by atoms with van der Waals surface area (Å²) in [6.45, 7) is 4.33. The van der Waals surface area contributed by atoms with Gasteiger partial charge in [-0.25, -0.2) is 4.98 Å². The lowest BCUT2D eigenvalue weighted by Gasteiger charge is -2.25. The normalized spacial score (nSPS) is 15.5. The zero-order valence-corrected chi connectivity index (χ0v) is 14.0. The Labute approximate surface area is 136 Å². The lowest BCUT2D eigenvalue weighted by atomic mass is 10.1. The molecule has 1 aromatic heterocycles. The fourth-order valence-corrected chi connectivity index (χ4v) is 3.57. The average Bonchev–Trinajstić information content (AvgIpc) is 2.95. The van der Waals surface area contributed by atoms with Gasteiger partial charge in [-0.3, -0.25) is 5.01 Å². The minimum Gasteiger partial charge on any atom is -0.348 e. The summed E-state index contributed by atoms with van der Waals surface area (Å²) in [4.78, 5) is 8.26. The first-order valence-corrected chi connectivity index (χ1v) is 8.61. The predicted octanol–water partition coefficient (Wildman–Crippen LogP) is 3.91. The summed E-state index contributed by atoms with van der Waals surface area (Å²) in [6.07, 6.45) is 5.82. The number of rotatable bonds is 4. The van der Waals surface area contributed by atoms with Crippen molar-refractivity contribution in [3.8, 4) is 0 Å². The van der Waals surface area contributed by atoms with Gasteiger partial charge in [0.2, 0.25) is 0 Å². The number of piperidine rings is 1. The number of thiazole rings is 1. The van der Waals surface area contributed by atoms with E-state index in [9.17, 15) is 0 Å². The molecule has 1 aliphatic rings. The Balaban J connectivity index is 1.72. The molecule has 1 aromatic carbocycles. The average molecular weight is 314 g/mol. The summed E-state index contributed by atoms with van der Waals surface area (Å²) in [5.74, 6) is 0. The first-order chi connectivity index (χ1) is 10.7. The zero-order valence-electron chi connectivity index (χ0n) is 13.2. The standard InChI is InChI=1S/C17H22N4S/c1-14-16(13-18-20(2)15-9-5-3-6-10-15)22-17(19-14)21-11-7-4-8-12-21/h3,5-6,9-10,13H,4,7-8,11-12H2,1-2H3/b18-13-. The molecule has 1 saturated heterocycles. The zero-order chi connectivity index (χ0) is 15.4. The number of para-hydroxylation sites is 1. The highest BCUT2D eigenvalue weighted by Gasteiger charge is 2.15. The van der Waals surface area contributed by atoms with Crippen LogP contribution in [-0.2, 0) is 0 Å². The minimum atomic E-state index is 1.07. The van der Waals surface area contributed by atoms with E-state index in [0.29, 0.717) is 0 Å². The first kappa shape index (κ1) is 15.0. The molecule has 0 saturated carbocycles. The van der Waals surface area contributed by atoms with Crippen LogP contribution < -0.4 is 9.91 Å². The molecule has 2 aromatic rings. The number of hydrogen-bond acceptors (Lipinski definition) is 5. The van der Waals surface area contributed by atoms with Crippen molar-refractivity contribution >= 4 is 28.4 Å². The summed E-state index contributed by atoms with van der Waals surface area (Å²) in [7, 11) is 1.97. The lowest BCUT2D eigenvalue weighted by Crippen LogP contribution is -2.29. The minimum absolute atomic E-state index is 1.07. The third-order valence-corrected chi connectivity index (χ3v) is 5.08. The van der Waals surface area contributed by atoms with Gasteiger partial charge in [0.15, 0.2) is 5.13 Å². The van der Waals surface area contributed by atoms with Gasteiger partial charge in [-0.05, 0) is 38.3 Å². The van der Waals surface area contributed by atoms with E-state index in [1.807, 2.05) is 36.5 Å². The SMILES string of the molecule is Cc1nc(N2CCCCC2)sc1/C=N\N(C)c1ccccc1. The number of anilines is 2. The quantitative estimate of drug-likeness (QED) is 0.633. The van der Waals surface area contributed by atoms with Crippen LogP contribution in [0.1, 0.15) is 29.8 Å². The van der Waals surface area contributed by atoms with Crippen LogP contribution in [0.5, 0.6) is 0 Å². The maximum absolute atomic E-state index is 4.72. The molecule has 0 N–H and O–H groups in total. The van der Waals surface area contributed by atoms with Gasteiger partial charge in [0.25, 0.3) is 0 Å². The van der Waals surface area contributed by atoms with Crippen LogP contribution in [-0.4, -0.2) is 31.3 Å².